The van der Waals surface area contributed by atoms with E-state index >= 15 is 4.39 Å². The van der Waals surface area contributed by atoms with E-state index in [0.29, 0.717) is 44.3 Å². The van der Waals surface area contributed by atoms with E-state index in [9.17, 15) is 12.8 Å². The highest BCUT2D eigenvalue weighted by Crippen LogP contribution is 2.43. The Morgan fingerprint density at radius 1 is 0.796 bits per heavy atom. The van der Waals surface area contributed by atoms with E-state index in [0.717, 1.165) is 27.8 Å². The van der Waals surface area contributed by atoms with Crippen LogP contribution in [0.4, 0.5) is 13.9 Å². The van der Waals surface area contributed by atoms with Crippen LogP contribution in [-0.4, -0.2) is 43.0 Å². The second kappa shape index (κ2) is 14.3. The Hall–Kier alpha value is -4.89. The first kappa shape index (κ1) is 34.0. The quantitative estimate of drug-likeness (QED) is 0.129. The topological polar surface area (TPSA) is 117 Å². The lowest BCUT2D eigenvalue weighted by atomic mass is 10.00. The van der Waals surface area contributed by atoms with Crippen molar-refractivity contribution in [3.8, 4) is 45.3 Å². The average molecular weight is 743 g/mol. The highest BCUT2D eigenvalue weighted by Gasteiger charge is 2.32. The lowest BCUT2D eigenvalue weighted by Gasteiger charge is -2.23. The Balaban J connectivity index is 1.41. The predicted octanol–water partition coefficient (Wildman–Crippen LogP) is 8.45. The third-order valence-electron chi connectivity index (χ3n) is 7.26. The summed E-state index contributed by atoms with van der Waals surface area (Å²) >= 11 is 14.2. The van der Waals surface area contributed by atoms with Crippen LogP contribution in [0.2, 0.25) is 10.0 Å². The van der Waals surface area contributed by atoms with Crippen molar-refractivity contribution < 1.29 is 31.4 Å². The minimum atomic E-state index is -4.63. The largest absolute Gasteiger partial charge is 0.497 e. The van der Waals surface area contributed by atoms with Crippen LogP contribution in [0.15, 0.2) is 95.6 Å². The van der Waals surface area contributed by atoms with Crippen molar-refractivity contribution in [2.45, 2.75) is 11.4 Å². The number of ether oxygens (including phenoxy) is 3. The van der Waals surface area contributed by atoms with Crippen molar-refractivity contribution in [1.29, 1.82) is 0 Å². The molecule has 0 aliphatic heterocycles. The van der Waals surface area contributed by atoms with Gasteiger partial charge in [-0.3, -0.25) is 0 Å². The fraction of sp³-hybridized carbons (Fsp3) is 0.0909. The fourth-order valence-electron chi connectivity index (χ4n) is 4.86. The van der Waals surface area contributed by atoms with Gasteiger partial charge in [-0.2, -0.15) is 10.2 Å². The molecule has 0 saturated carbocycles. The zero-order valence-corrected chi connectivity index (χ0v) is 28.6. The van der Waals surface area contributed by atoms with E-state index in [1.165, 1.54) is 44.3 Å². The molecule has 0 amide bonds. The van der Waals surface area contributed by atoms with Gasteiger partial charge in [0.05, 0.1) is 38.2 Å². The van der Waals surface area contributed by atoms with Crippen LogP contribution in [-0.2, 0) is 16.6 Å². The monoisotopic (exact) mass is 741 g/mol. The van der Waals surface area contributed by atoms with Crippen LogP contribution in [0, 0.1) is 11.6 Å². The van der Waals surface area contributed by atoms with Crippen LogP contribution in [0.1, 0.15) is 5.56 Å². The van der Waals surface area contributed by atoms with Gasteiger partial charge in [-0.05, 0) is 54.1 Å². The Labute approximate surface area is 293 Å². The summed E-state index contributed by atoms with van der Waals surface area (Å²) in [6.07, 6.45) is 2.95. The fourth-order valence-corrected chi connectivity index (χ4v) is 7.64. The first-order valence-corrected chi connectivity index (χ1v) is 17.2. The predicted molar refractivity (Wildman–Crippen MR) is 182 cm³/mol. The maximum absolute atomic E-state index is 16.0. The summed E-state index contributed by atoms with van der Waals surface area (Å²) < 4.78 is 75.6. The summed E-state index contributed by atoms with van der Waals surface area (Å²) in [6.45, 7) is -0.278. The molecule has 0 fully saturated rings. The third-order valence-corrected chi connectivity index (χ3v) is 10.5. The zero-order valence-electron chi connectivity index (χ0n) is 25.5. The van der Waals surface area contributed by atoms with Gasteiger partial charge in [0, 0.05) is 39.4 Å². The summed E-state index contributed by atoms with van der Waals surface area (Å²) in [5.74, 6) is -0.747. The van der Waals surface area contributed by atoms with Crippen molar-refractivity contribution in [3.05, 3.63) is 118 Å². The molecular weight excluding hydrogens is 719 g/mol. The van der Waals surface area contributed by atoms with Gasteiger partial charge >= 0.3 is 0 Å². The summed E-state index contributed by atoms with van der Waals surface area (Å²) in [6, 6.07) is 17.2. The number of hydrogen-bond acceptors (Lipinski definition) is 10. The number of aromatic nitrogens is 4. The number of anilines is 1. The van der Waals surface area contributed by atoms with Gasteiger partial charge in [0.15, 0.2) is 0 Å². The van der Waals surface area contributed by atoms with Gasteiger partial charge < -0.3 is 14.2 Å². The Bertz CT molecular complexity index is 2230. The molecule has 49 heavy (non-hydrogen) atoms. The van der Waals surface area contributed by atoms with Gasteiger partial charge in [-0.1, -0.05) is 46.7 Å². The van der Waals surface area contributed by atoms with Crippen LogP contribution in [0.5, 0.6) is 23.0 Å². The summed E-state index contributed by atoms with van der Waals surface area (Å²) in [5.41, 5.74) is 3.89. The lowest BCUT2D eigenvalue weighted by molar-refractivity contribution is 0.391. The third kappa shape index (κ3) is 7.13. The van der Waals surface area contributed by atoms with Crippen LogP contribution < -0.4 is 18.5 Å². The molecule has 0 unspecified atom stereocenters. The molecule has 0 radical (unpaired) electrons. The molecule has 0 saturated heterocycles. The lowest BCUT2D eigenvalue weighted by Crippen LogP contribution is -2.31. The molecule has 0 aliphatic carbocycles. The van der Waals surface area contributed by atoms with Gasteiger partial charge in [0.2, 0.25) is 5.13 Å². The van der Waals surface area contributed by atoms with Crippen molar-refractivity contribution in [1.82, 2.24) is 20.4 Å². The number of nitrogens with zero attached hydrogens (tertiary/aromatic N) is 5. The van der Waals surface area contributed by atoms with Gasteiger partial charge in [0.25, 0.3) is 10.0 Å². The molecule has 4 aromatic carbocycles. The second-order valence-electron chi connectivity index (χ2n) is 10.2. The number of sulfonamides is 1. The number of halogens is 4. The summed E-state index contributed by atoms with van der Waals surface area (Å²) in [5, 5.41) is 15.5. The molecule has 6 rings (SSSR count). The maximum atomic E-state index is 16.0. The smallest absolute Gasteiger partial charge is 0.269 e. The van der Waals surface area contributed by atoms with E-state index in [4.69, 9.17) is 37.4 Å². The average Bonchev–Trinajstić information content (AvgIpc) is 3.64. The molecule has 2 heterocycles. The van der Waals surface area contributed by atoms with Gasteiger partial charge in [-0.25, -0.2) is 21.5 Å². The van der Waals surface area contributed by atoms with Crippen molar-refractivity contribution >= 4 is 49.7 Å². The van der Waals surface area contributed by atoms with Crippen molar-refractivity contribution in [2.24, 2.45) is 0 Å². The van der Waals surface area contributed by atoms with Gasteiger partial charge in [-0.15, -0.1) is 10.2 Å². The molecule has 250 valence electrons. The van der Waals surface area contributed by atoms with E-state index in [1.54, 1.807) is 48.5 Å². The first-order chi connectivity index (χ1) is 23.6. The Morgan fingerprint density at radius 3 is 2.27 bits per heavy atom. The zero-order chi connectivity index (χ0) is 34.7. The molecular formula is C33H23Cl2F2N5O5S2. The van der Waals surface area contributed by atoms with Crippen LogP contribution in [0.25, 0.3) is 22.3 Å². The summed E-state index contributed by atoms with van der Waals surface area (Å²) in [7, 11) is -1.71. The first-order valence-electron chi connectivity index (χ1n) is 14.1. The molecule has 0 spiro atoms. The SMILES string of the molecule is COc1ccc(CN(c2nncs2)S(=O)(=O)c2cc(Cl)c(Oc3cc(-c4ccc(F)cc4)c(Cl)cc3-c3ccnnc3)cc2F)c(OC)c1. The number of methoxy groups -OCH3 is 2. The standard InChI is InChI=1S/C33H23Cl2F2N5O5S2/c1-45-23-8-5-21(29(11-23)46-2)17-42(33-41-40-18-48-33)49(43,44)32-14-27(35)31(15-28(32)37)47-30-13-24(19-3-6-22(36)7-4-19)26(34)12-25(30)20-9-10-38-39-16-20/h3-16,18H,17H2,1-2H3. The molecule has 6 aromatic rings. The molecule has 10 nitrogen and oxygen atoms in total. The van der Waals surface area contributed by atoms with E-state index in [2.05, 4.69) is 20.4 Å². The van der Waals surface area contributed by atoms with E-state index in [1.807, 2.05) is 0 Å². The maximum Gasteiger partial charge on any atom is 0.269 e. The Morgan fingerprint density at radius 2 is 1.59 bits per heavy atom. The molecule has 0 bridgehead atoms. The van der Waals surface area contributed by atoms with E-state index in [-0.39, 0.29) is 28.2 Å². The van der Waals surface area contributed by atoms with Gasteiger partial charge in [0.1, 0.15) is 45.0 Å². The van der Waals surface area contributed by atoms with Crippen molar-refractivity contribution in [3.63, 3.8) is 0 Å². The molecule has 0 atom stereocenters. The highest BCUT2D eigenvalue weighted by molar-refractivity contribution is 7.93. The number of rotatable bonds is 11. The van der Waals surface area contributed by atoms with Crippen molar-refractivity contribution in [2.75, 3.05) is 18.5 Å². The molecule has 2 aromatic heterocycles. The Kier molecular flexibility index (Phi) is 9.92. The van der Waals surface area contributed by atoms with Crippen LogP contribution in [0.3, 0.4) is 0 Å². The molecule has 16 heteroatoms. The minimum Gasteiger partial charge on any atom is -0.497 e. The molecule has 0 aliphatic rings. The second-order valence-corrected chi connectivity index (χ2v) is 13.6. The number of benzene rings is 4. The normalized spacial score (nSPS) is 11.3. The molecule has 0 N–H and O–H groups in total. The van der Waals surface area contributed by atoms with E-state index < -0.39 is 26.6 Å². The summed E-state index contributed by atoms with van der Waals surface area (Å²) in [4.78, 5) is -0.728. The highest BCUT2D eigenvalue weighted by atomic mass is 35.5. The van der Waals surface area contributed by atoms with Crippen LogP contribution >= 0.6 is 34.5 Å². The number of hydrogen-bond donors (Lipinski definition) is 0. The minimum absolute atomic E-state index is 0.0150.